The van der Waals surface area contributed by atoms with Crippen molar-refractivity contribution in [2.24, 2.45) is 5.41 Å². The minimum atomic E-state index is -0.260. The maximum absolute atomic E-state index is 9.62. The molecule has 0 spiro atoms. The van der Waals surface area contributed by atoms with E-state index in [0.29, 0.717) is 11.6 Å². The van der Waals surface area contributed by atoms with E-state index in [0.717, 1.165) is 30.9 Å². The fraction of sp³-hybridized carbons (Fsp3) is 0.750. The molecule has 0 amide bonds. The van der Waals surface area contributed by atoms with E-state index in [1.54, 1.807) is 0 Å². The fourth-order valence-corrected chi connectivity index (χ4v) is 2.45. The van der Waals surface area contributed by atoms with Crippen molar-refractivity contribution >= 4 is 11.6 Å². The van der Waals surface area contributed by atoms with Gasteiger partial charge in [0.1, 0.15) is 5.82 Å². The van der Waals surface area contributed by atoms with Gasteiger partial charge in [0, 0.05) is 19.4 Å². The maximum Gasteiger partial charge on any atom is 0.150 e. The van der Waals surface area contributed by atoms with Crippen molar-refractivity contribution in [2.45, 2.75) is 52.7 Å². The number of hydrogen-bond acceptors (Lipinski definition) is 2. The van der Waals surface area contributed by atoms with Crippen LogP contribution in [-0.4, -0.2) is 20.8 Å². The SMILES string of the molecule is CC(C)(C)Cc1nc(Cl)c2n1CCC(O)C2. The van der Waals surface area contributed by atoms with Crippen LogP contribution in [0, 0.1) is 5.41 Å². The molecule has 1 aromatic heterocycles. The monoisotopic (exact) mass is 242 g/mol. The number of fused-ring (bicyclic) bond motifs is 1. The number of aliphatic hydroxyl groups is 1. The van der Waals surface area contributed by atoms with Crippen LogP contribution < -0.4 is 0 Å². The Morgan fingerprint density at radius 1 is 1.50 bits per heavy atom. The van der Waals surface area contributed by atoms with Crippen LogP contribution in [0.25, 0.3) is 0 Å². The van der Waals surface area contributed by atoms with Crippen molar-refractivity contribution in [3.63, 3.8) is 0 Å². The van der Waals surface area contributed by atoms with Crippen molar-refractivity contribution in [1.29, 1.82) is 0 Å². The lowest BCUT2D eigenvalue weighted by atomic mass is 9.92. The predicted octanol–water partition coefficient (Wildman–Crippen LogP) is 2.43. The van der Waals surface area contributed by atoms with E-state index in [1.165, 1.54) is 0 Å². The quantitative estimate of drug-likeness (QED) is 0.822. The summed E-state index contributed by atoms with van der Waals surface area (Å²) in [5.41, 5.74) is 1.21. The molecule has 0 aliphatic carbocycles. The van der Waals surface area contributed by atoms with Crippen LogP contribution in [0.1, 0.15) is 38.7 Å². The van der Waals surface area contributed by atoms with Gasteiger partial charge in [-0.1, -0.05) is 32.4 Å². The van der Waals surface area contributed by atoms with Crippen molar-refractivity contribution in [1.82, 2.24) is 9.55 Å². The Hall–Kier alpha value is -0.540. The van der Waals surface area contributed by atoms with Gasteiger partial charge in [0.15, 0.2) is 5.15 Å². The number of imidazole rings is 1. The van der Waals surface area contributed by atoms with Crippen LogP contribution in [0.5, 0.6) is 0 Å². The summed E-state index contributed by atoms with van der Waals surface area (Å²) in [7, 11) is 0. The first-order chi connectivity index (χ1) is 7.37. The van der Waals surface area contributed by atoms with Gasteiger partial charge in [0.2, 0.25) is 0 Å². The van der Waals surface area contributed by atoms with Gasteiger partial charge >= 0.3 is 0 Å². The summed E-state index contributed by atoms with van der Waals surface area (Å²) in [6.07, 6.45) is 2.10. The number of halogens is 1. The van der Waals surface area contributed by atoms with Crippen molar-refractivity contribution in [3.05, 3.63) is 16.7 Å². The summed E-state index contributed by atoms with van der Waals surface area (Å²) >= 11 is 6.11. The van der Waals surface area contributed by atoms with Gasteiger partial charge in [-0.25, -0.2) is 4.98 Å². The van der Waals surface area contributed by atoms with Crippen LogP contribution in [0.4, 0.5) is 0 Å². The van der Waals surface area contributed by atoms with E-state index in [-0.39, 0.29) is 11.5 Å². The lowest BCUT2D eigenvalue weighted by Gasteiger charge is -2.23. The average molecular weight is 243 g/mol. The highest BCUT2D eigenvalue weighted by molar-refractivity contribution is 6.30. The first-order valence-electron chi connectivity index (χ1n) is 5.78. The molecule has 0 saturated carbocycles. The Kier molecular flexibility index (Phi) is 3.01. The van der Waals surface area contributed by atoms with Gasteiger partial charge in [-0.15, -0.1) is 0 Å². The van der Waals surface area contributed by atoms with Crippen molar-refractivity contribution in [3.8, 4) is 0 Å². The van der Waals surface area contributed by atoms with Gasteiger partial charge < -0.3 is 9.67 Å². The average Bonchev–Trinajstić information content (AvgIpc) is 2.40. The molecule has 0 saturated heterocycles. The van der Waals surface area contributed by atoms with Gasteiger partial charge in [0.25, 0.3) is 0 Å². The molecule has 0 radical (unpaired) electrons. The highest BCUT2D eigenvalue weighted by Crippen LogP contribution is 2.28. The van der Waals surface area contributed by atoms with Gasteiger partial charge in [0.05, 0.1) is 11.8 Å². The maximum atomic E-state index is 9.62. The van der Waals surface area contributed by atoms with E-state index in [2.05, 4.69) is 30.3 Å². The molecule has 2 heterocycles. The van der Waals surface area contributed by atoms with Crippen LogP contribution >= 0.6 is 11.6 Å². The molecule has 1 atom stereocenters. The fourth-order valence-electron chi connectivity index (χ4n) is 2.18. The first-order valence-corrected chi connectivity index (χ1v) is 6.16. The van der Waals surface area contributed by atoms with Gasteiger partial charge in [-0.05, 0) is 11.8 Å². The Bertz CT molecular complexity index is 392. The molecule has 1 unspecified atom stereocenters. The molecule has 0 fully saturated rings. The predicted molar refractivity (Wildman–Crippen MR) is 64.7 cm³/mol. The minimum absolute atomic E-state index is 0.210. The molecule has 16 heavy (non-hydrogen) atoms. The molecule has 3 nitrogen and oxygen atoms in total. The number of aliphatic hydroxyl groups excluding tert-OH is 1. The Morgan fingerprint density at radius 3 is 2.81 bits per heavy atom. The summed E-state index contributed by atoms with van der Waals surface area (Å²) < 4.78 is 2.18. The second kappa shape index (κ2) is 4.04. The van der Waals surface area contributed by atoms with Crippen LogP contribution in [0.15, 0.2) is 0 Å². The molecule has 1 aromatic rings. The molecular formula is C12H19ClN2O. The summed E-state index contributed by atoms with van der Waals surface area (Å²) in [5.74, 6) is 1.06. The molecule has 1 aliphatic heterocycles. The highest BCUT2D eigenvalue weighted by atomic mass is 35.5. The standard InChI is InChI=1S/C12H19ClN2O/c1-12(2,3)7-10-14-11(13)9-6-8(16)4-5-15(9)10/h8,16H,4-7H2,1-3H3. The third-order valence-corrected chi connectivity index (χ3v) is 3.21. The Balaban J connectivity index is 2.31. The molecule has 1 N–H and O–H groups in total. The number of hydrogen-bond donors (Lipinski definition) is 1. The van der Waals surface area contributed by atoms with E-state index in [4.69, 9.17) is 11.6 Å². The molecule has 4 heteroatoms. The molecule has 90 valence electrons. The van der Waals surface area contributed by atoms with Gasteiger partial charge in [-0.3, -0.25) is 0 Å². The van der Waals surface area contributed by atoms with Crippen LogP contribution in [-0.2, 0) is 19.4 Å². The first kappa shape index (κ1) is 11.9. The molecule has 2 rings (SSSR count). The zero-order chi connectivity index (χ0) is 11.9. The zero-order valence-electron chi connectivity index (χ0n) is 10.1. The summed E-state index contributed by atoms with van der Waals surface area (Å²) in [6.45, 7) is 7.42. The third-order valence-electron chi connectivity index (χ3n) is 2.91. The Labute approximate surface area is 101 Å². The Morgan fingerprint density at radius 2 is 2.19 bits per heavy atom. The lowest BCUT2D eigenvalue weighted by molar-refractivity contribution is 0.142. The van der Waals surface area contributed by atoms with Crippen LogP contribution in [0.3, 0.4) is 0 Å². The van der Waals surface area contributed by atoms with Crippen LogP contribution in [0.2, 0.25) is 5.15 Å². The summed E-state index contributed by atoms with van der Waals surface area (Å²) in [4.78, 5) is 4.43. The third kappa shape index (κ3) is 2.41. The zero-order valence-corrected chi connectivity index (χ0v) is 10.9. The van der Waals surface area contributed by atoms with E-state index in [1.807, 2.05) is 0 Å². The molecule has 0 aromatic carbocycles. The highest BCUT2D eigenvalue weighted by Gasteiger charge is 2.25. The second-order valence-corrected chi connectivity index (χ2v) is 6.16. The molecule has 0 bridgehead atoms. The van der Waals surface area contributed by atoms with E-state index in [9.17, 15) is 5.11 Å². The van der Waals surface area contributed by atoms with E-state index < -0.39 is 0 Å². The van der Waals surface area contributed by atoms with Crippen molar-refractivity contribution in [2.75, 3.05) is 0 Å². The molecule has 1 aliphatic rings. The largest absolute Gasteiger partial charge is 0.393 e. The number of aromatic nitrogens is 2. The summed E-state index contributed by atoms with van der Waals surface area (Å²) in [5, 5.41) is 10.2. The number of rotatable bonds is 1. The normalized spacial score (nSPS) is 20.9. The smallest absolute Gasteiger partial charge is 0.150 e. The summed E-state index contributed by atoms with van der Waals surface area (Å²) in [6, 6.07) is 0. The van der Waals surface area contributed by atoms with Crippen molar-refractivity contribution < 1.29 is 5.11 Å². The lowest BCUT2D eigenvalue weighted by Crippen LogP contribution is -2.25. The topological polar surface area (TPSA) is 38.0 Å². The van der Waals surface area contributed by atoms with E-state index >= 15 is 0 Å². The second-order valence-electron chi connectivity index (χ2n) is 5.80. The van der Waals surface area contributed by atoms with Gasteiger partial charge in [-0.2, -0.15) is 0 Å². The molecular weight excluding hydrogens is 224 g/mol. The number of nitrogens with zero attached hydrogens (tertiary/aromatic N) is 2. The minimum Gasteiger partial charge on any atom is -0.393 e.